The second-order valence-corrected chi connectivity index (χ2v) is 0. The third kappa shape index (κ3) is 17.6. The molecule has 0 rings (SSSR count). The number of rotatable bonds is 0. The van der Waals surface area contributed by atoms with E-state index in [1.807, 2.05) is 0 Å². The normalized spacial score (nSPS) is 0. The summed E-state index contributed by atoms with van der Waals surface area (Å²) in [6.45, 7) is 0. The summed E-state index contributed by atoms with van der Waals surface area (Å²) in [5.74, 6) is 0. The standard InChI is InChI=1S/2Nd.3Te/q2*+3;3*-2. The molecule has 0 nitrogen and oxygen atoms in total. The Morgan fingerprint density at radius 1 is 0.400 bits per heavy atom. The summed E-state index contributed by atoms with van der Waals surface area (Å²) in [6, 6.07) is 0. The molecule has 5 heavy (non-hydrogen) atoms. The van der Waals surface area contributed by atoms with Crippen LogP contribution in [0.3, 0.4) is 0 Å². The molecule has 0 aromatic rings. The molecule has 0 heterocycles. The van der Waals surface area contributed by atoms with E-state index >= 15 is 0 Å². The summed E-state index contributed by atoms with van der Waals surface area (Å²) in [6.07, 6.45) is 0. The molecule has 0 aliphatic carbocycles. The van der Waals surface area contributed by atoms with Crippen molar-refractivity contribution in [3.63, 3.8) is 0 Å². The van der Waals surface area contributed by atoms with Crippen LogP contribution >= 0.6 is 0 Å². The van der Waals surface area contributed by atoms with Gasteiger partial charge in [-0.2, -0.15) is 0 Å². The van der Waals surface area contributed by atoms with Gasteiger partial charge in [-0.15, -0.1) is 0 Å². The molecular weight excluding hydrogens is 671 g/mol. The zero-order valence-corrected chi connectivity index (χ0v) is 15.6. The SMILES string of the molecule is [Nd+3].[Nd+3].[Te-2].[Te-2].[Te-2]. The van der Waals surface area contributed by atoms with Gasteiger partial charge in [0.05, 0.1) is 0 Å². The van der Waals surface area contributed by atoms with E-state index in [1.165, 1.54) is 0 Å². The first-order chi connectivity index (χ1) is 0. The molecule has 0 atom stereocenters. The van der Waals surface area contributed by atoms with Crippen molar-refractivity contribution in [1.82, 2.24) is 0 Å². The van der Waals surface area contributed by atoms with Crippen molar-refractivity contribution < 1.29 is 81.7 Å². The average Bonchev–Trinajstić information content (AvgIpc) is 0. The molecule has 0 saturated carbocycles. The van der Waals surface area contributed by atoms with Crippen LogP contribution in [-0.2, 0) is 0 Å². The largest absolute Gasteiger partial charge is 3.00 e. The Hall–Kier alpha value is 5.07. The van der Waals surface area contributed by atoms with Crippen LogP contribution in [0.15, 0.2) is 0 Å². The zero-order valence-electron chi connectivity index (χ0n) is 2.22. The van der Waals surface area contributed by atoms with Crippen molar-refractivity contribution in [2.45, 2.75) is 0 Å². The molecule has 5 heteroatoms. The second kappa shape index (κ2) is 23.0. The van der Waals surface area contributed by atoms with E-state index in [0.29, 0.717) is 0 Å². The molecule has 0 aliphatic rings. The molecule has 2 radical (unpaired) electrons. The monoisotopic (exact) mass is 674 g/mol. The summed E-state index contributed by atoms with van der Waals surface area (Å²) in [5.41, 5.74) is 0. The maximum Gasteiger partial charge on any atom is 3.00 e. The minimum Gasteiger partial charge on any atom is -2.00 e. The molecule has 0 spiro atoms. The van der Waals surface area contributed by atoms with E-state index in [4.69, 9.17) is 0 Å². The number of hydrogen-bond acceptors (Lipinski definition) is 0. The third-order valence-corrected chi connectivity index (χ3v) is 0. The second-order valence-electron chi connectivity index (χ2n) is 0. The van der Waals surface area contributed by atoms with Crippen LogP contribution in [0.1, 0.15) is 0 Å². The Morgan fingerprint density at radius 3 is 0.400 bits per heavy atom. The van der Waals surface area contributed by atoms with Gasteiger partial charge in [0.1, 0.15) is 0 Å². The molecule has 0 fully saturated rings. The number of hydrogen-bond donors (Lipinski definition) is 0. The molecule has 0 aromatic carbocycles. The molecule has 0 unspecified atom stereocenters. The predicted octanol–water partition coefficient (Wildman–Crippen LogP) is -1.14. The van der Waals surface area contributed by atoms with Gasteiger partial charge in [-0.25, -0.2) is 0 Å². The first kappa shape index (κ1) is 32.2. The first-order valence-electron chi connectivity index (χ1n) is 0. The Bertz CT molecular complexity index is 4.85. The Balaban J connectivity index is 0. The zero-order chi connectivity index (χ0) is 0. The summed E-state index contributed by atoms with van der Waals surface area (Å²) in [7, 11) is 0. The van der Waals surface area contributed by atoms with E-state index < -0.39 is 0 Å². The topological polar surface area (TPSA) is 0 Å². The van der Waals surface area contributed by atoms with Crippen molar-refractivity contribution in [2.75, 3.05) is 0 Å². The van der Waals surface area contributed by atoms with Crippen LogP contribution in [0.2, 0.25) is 0 Å². The van der Waals surface area contributed by atoms with E-state index in [-0.39, 0.29) is 153 Å². The summed E-state index contributed by atoms with van der Waals surface area (Å²) in [4.78, 5) is 0. The van der Waals surface area contributed by atoms with Crippen LogP contribution in [0, 0.1) is 81.7 Å². The van der Waals surface area contributed by atoms with Gasteiger partial charge in [-0.3, -0.25) is 0 Å². The molecule has 0 N–H and O–H groups in total. The van der Waals surface area contributed by atoms with Crippen molar-refractivity contribution >= 4 is 71.0 Å². The minimum atomic E-state index is 0. The van der Waals surface area contributed by atoms with Gasteiger partial charge in [-0.05, 0) is 0 Å². The van der Waals surface area contributed by atoms with E-state index in [1.54, 1.807) is 0 Å². The van der Waals surface area contributed by atoms with Gasteiger partial charge in [0, 0.05) is 0 Å². The van der Waals surface area contributed by atoms with Gasteiger partial charge in [0.15, 0.2) is 0 Å². The van der Waals surface area contributed by atoms with Gasteiger partial charge in [-0.1, -0.05) is 0 Å². The predicted molar refractivity (Wildman–Crippen MR) is 17.3 cm³/mol. The van der Waals surface area contributed by atoms with Crippen molar-refractivity contribution in [3.05, 3.63) is 0 Å². The van der Waals surface area contributed by atoms with Crippen molar-refractivity contribution in [1.29, 1.82) is 0 Å². The molecule has 26 valence electrons. The van der Waals surface area contributed by atoms with Gasteiger partial charge >= 0.3 is 81.7 Å². The van der Waals surface area contributed by atoms with Crippen LogP contribution in [-0.4, -0.2) is 71.0 Å². The summed E-state index contributed by atoms with van der Waals surface area (Å²) in [5, 5.41) is 0. The average molecular weight is 671 g/mol. The van der Waals surface area contributed by atoms with Gasteiger partial charge in [0.25, 0.3) is 0 Å². The molecule has 0 aliphatic heterocycles. The molecular formula is Nd2Te3. The van der Waals surface area contributed by atoms with E-state index in [9.17, 15) is 0 Å². The maximum absolute atomic E-state index is 0. The van der Waals surface area contributed by atoms with Crippen LogP contribution in [0.25, 0.3) is 0 Å². The molecule has 0 aromatic heterocycles. The Morgan fingerprint density at radius 2 is 0.400 bits per heavy atom. The van der Waals surface area contributed by atoms with Crippen molar-refractivity contribution in [2.24, 2.45) is 0 Å². The van der Waals surface area contributed by atoms with Crippen LogP contribution in [0.4, 0.5) is 0 Å². The van der Waals surface area contributed by atoms with Crippen molar-refractivity contribution in [3.8, 4) is 0 Å². The molecule has 0 amide bonds. The molecule has 0 saturated heterocycles. The van der Waals surface area contributed by atoms with E-state index in [2.05, 4.69) is 0 Å². The Kier molecular flexibility index (Phi) is 148. The van der Waals surface area contributed by atoms with Crippen LogP contribution in [0.5, 0.6) is 0 Å². The minimum absolute atomic E-state index is 0. The maximum atomic E-state index is 0. The molecule has 0 bridgehead atoms. The van der Waals surface area contributed by atoms with Crippen LogP contribution < -0.4 is 0 Å². The smallest absolute Gasteiger partial charge is 2.00 e. The first-order valence-corrected chi connectivity index (χ1v) is 0. The fraction of sp³-hybridized carbons (Fsp3) is 0. The van der Waals surface area contributed by atoms with Gasteiger partial charge < -0.3 is 71.0 Å². The summed E-state index contributed by atoms with van der Waals surface area (Å²) < 4.78 is 0. The third-order valence-electron chi connectivity index (χ3n) is 0. The summed E-state index contributed by atoms with van der Waals surface area (Å²) >= 11 is 0. The fourth-order valence-corrected chi connectivity index (χ4v) is 0. The Labute approximate surface area is 148 Å². The quantitative estimate of drug-likeness (QED) is 0.286. The van der Waals surface area contributed by atoms with E-state index in [0.717, 1.165) is 0 Å². The fourth-order valence-electron chi connectivity index (χ4n) is 0. The van der Waals surface area contributed by atoms with Gasteiger partial charge in [0.2, 0.25) is 0 Å².